The highest BCUT2D eigenvalue weighted by molar-refractivity contribution is 6.42. The highest BCUT2D eigenvalue weighted by atomic mass is 35.5. The van der Waals surface area contributed by atoms with E-state index < -0.39 is 0 Å². The SMILES string of the molecule is Nc1cc(NC(=O)c2ccc(Cl)c(Cl)c2)ccc1Cl. The van der Waals surface area contributed by atoms with Gasteiger partial charge in [0.1, 0.15) is 0 Å². The van der Waals surface area contributed by atoms with Gasteiger partial charge in [-0.15, -0.1) is 0 Å². The summed E-state index contributed by atoms with van der Waals surface area (Å²) >= 11 is 17.4. The van der Waals surface area contributed by atoms with E-state index in [-0.39, 0.29) is 5.91 Å². The maximum absolute atomic E-state index is 12.0. The molecule has 19 heavy (non-hydrogen) atoms. The van der Waals surface area contributed by atoms with Crippen LogP contribution in [-0.2, 0) is 0 Å². The summed E-state index contributed by atoms with van der Waals surface area (Å²) in [4.78, 5) is 12.0. The van der Waals surface area contributed by atoms with Gasteiger partial charge < -0.3 is 11.1 Å². The van der Waals surface area contributed by atoms with Gasteiger partial charge in [0.25, 0.3) is 5.91 Å². The Kier molecular flexibility index (Phi) is 4.20. The fourth-order valence-electron chi connectivity index (χ4n) is 1.46. The monoisotopic (exact) mass is 314 g/mol. The van der Waals surface area contributed by atoms with Crippen LogP contribution in [0.1, 0.15) is 10.4 Å². The highest BCUT2D eigenvalue weighted by Gasteiger charge is 2.09. The van der Waals surface area contributed by atoms with Gasteiger partial charge in [0.15, 0.2) is 0 Å². The van der Waals surface area contributed by atoms with Crippen LogP contribution in [0, 0.1) is 0 Å². The van der Waals surface area contributed by atoms with E-state index in [0.29, 0.717) is 32.0 Å². The minimum absolute atomic E-state index is 0.305. The van der Waals surface area contributed by atoms with Gasteiger partial charge in [0.2, 0.25) is 0 Å². The highest BCUT2D eigenvalue weighted by Crippen LogP contribution is 2.25. The van der Waals surface area contributed by atoms with Crippen molar-refractivity contribution >= 4 is 52.1 Å². The first-order chi connectivity index (χ1) is 8.97. The lowest BCUT2D eigenvalue weighted by atomic mass is 10.2. The van der Waals surface area contributed by atoms with Crippen LogP contribution < -0.4 is 11.1 Å². The van der Waals surface area contributed by atoms with Gasteiger partial charge >= 0.3 is 0 Å². The summed E-state index contributed by atoms with van der Waals surface area (Å²) in [6.07, 6.45) is 0. The molecule has 3 nitrogen and oxygen atoms in total. The van der Waals surface area contributed by atoms with Crippen LogP contribution >= 0.6 is 34.8 Å². The summed E-state index contributed by atoms with van der Waals surface area (Å²) in [5.74, 6) is -0.305. The third-order valence-electron chi connectivity index (χ3n) is 2.44. The summed E-state index contributed by atoms with van der Waals surface area (Å²) in [5, 5.41) is 3.85. The fourth-order valence-corrected chi connectivity index (χ4v) is 1.88. The lowest BCUT2D eigenvalue weighted by molar-refractivity contribution is 0.102. The van der Waals surface area contributed by atoms with Crippen LogP contribution in [0.5, 0.6) is 0 Å². The summed E-state index contributed by atoms with van der Waals surface area (Å²) in [6, 6.07) is 9.50. The molecule has 6 heteroatoms. The third kappa shape index (κ3) is 3.32. The second-order valence-electron chi connectivity index (χ2n) is 3.82. The molecule has 0 aliphatic heterocycles. The summed E-state index contributed by atoms with van der Waals surface area (Å²) in [7, 11) is 0. The van der Waals surface area contributed by atoms with E-state index in [1.54, 1.807) is 30.3 Å². The molecule has 0 aliphatic carbocycles. The molecule has 0 radical (unpaired) electrons. The maximum Gasteiger partial charge on any atom is 0.255 e. The summed E-state index contributed by atoms with van der Waals surface area (Å²) < 4.78 is 0. The number of carbonyl (C=O) groups is 1. The molecule has 0 spiro atoms. The lowest BCUT2D eigenvalue weighted by Crippen LogP contribution is -2.12. The second-order valence-corrected chi connectivity index (χ2v) is 5.04. The van der Waals surface area contributed by atoms with Gasteiger partial charge in [-0.3, -0.25) is 4.79 Å². The Hall–Kier alpha value is -1.42. The molecule has 0 bridgehead atoms. The van der Waals surface area contributed by atoms with Gasteiger partial charge in [-0.05, 0) is 36.4 Å². The minimum Gasteiger partial charge on any atom is -0.397 e. The van der Waals surface area contributed by atoms with Crippen molar-refractivity contribution in [2.45, 2.75) is 0 Å². The molecular formula is C13H9Cl3N2O. The first kappa shape index (κ1) is 14.0. The normalized spacial score (nSPS) is 10.3. The number of benzene rings is 2. The molecule has 1 amide bonds. The van der Waals surface area contributed by atoms with E-state index in [4.69, 9.17) is 40.5 Å². The van der Waals surface area contributed by atoms with Crippen molar-refractivity contribution in [3.8, 4) is 0 Å². The van der Waals surface area contributed by atoms with Crippen LogP contribution in [0.25, 0.3) is 0 Å². The van der Waals surface area contributed by atoms with Gasteiger partial charge in [-0.1, -0.05) is 34.8 Å². The Morgan fingerprint density at radius 3 is 2.26 bits per heavy atom. The predicted octanol–water partition coefficient (Wildman–Crippen LogP) is 4.48. The Bertz CT molecular complexity index is 644. The zero-order chi connectivity index (χ0) is 14.0. The van der Waals surface area contributed by atoms with E-state index in [0.717, 1.165) is 0 Å². The van der Waals surface area contributed by atoms with Crippen molar-refractivity contribution in [3.05, 3.63) is 57.0 Å². The number of hydrogen-bond donors (Lipinski definition) is 2. The van der Waals surface area contributed by atoms with Gasteiger partial charge in [0, 0.05) is 11.3 Å². The fraction of sp³-hybridized carbons (Fsp3) is 0. The van der Waals surface area contributed by atoms with Gasteiger partial charge in [-0.25, -0.2) is 0 Å². The Morgan fingerprint density at radius 2 is 1.63 bits per heavy atom. The summed E-state index contributed by atoms with van der Waals surface area (Å²) in [5.41, 5.74) is 7.01. The van der Waals surface area contributed by atoms with Crippen LogP contribution in [-0.4, -0.2) is 5.91 Å². The molecular weight excluding hydrogens is 307 g/mol. The zero-order valence-electron chi connectivity index (χ0n) is 9.58. The number of rotatable bonds is 2. The number of hydrogen-bond acceptors (Lipinski definition) is 2. The average molecular weight is 316 g/mol. The number of nitrogens with two attached hydrogens (primary N) is 1. The molecule has 0 aliphatic rings. The molecule has 3 N–H and O–H groups in total. The van der Waals surface area contributed by atoms with E-state index in [1.165, 1.54) is 6.07 Å². The number of halogens is 3. The first-order valence-electron chi connectivity index (χ1n) is 5.29. The predicted molar refractivity (Wildman–Crippen MR) is 80.3 cm³/mol. The van der Waals surface area contributed by atoms with Crippen molar-refractivity contribution in [1.29, 1.82) is 0 Å². The smallest absolute Gasteiger partial charge is 0.255 e. The first-order valence-corrected chi connectivity index (χ1v) is 6.42. The van der Waals surface area contributed by atoms with Crippen LogP contribution in [0.15, 0.2) is 36.4 Å². The molecule has 0 atom stereocenters. The van der Waals surface area contributed by atoms with Crippen molar-refractivity contribution in [2.24, 2.45) is 0 Å². The van der Waals surface area contributed by atoms with Crippen molar-refractivity contribution in [2.75, 3.05) is 11.1 Å². The molecule has 0 saturated carbocycles. The molecule has 98 valence electrons. The number of anilines is 2. The van der Waals surface area contributed by atoms with Crippen LogP contribution in [0.4, 0.5) is 11.4 Å². The molecule has 2 aromatic rings. The molecule has 2 rings (SSSR count). The van der Waals surface area contributed by atoms with Crippen LogP contribution in [0.2, 0.25) is 15.1 Å². The van der Waals surface area contributed by atoms with E-state index >= 15 is 0 Å². The van der Waals surface area contributed by atoms with E-state index in [9.17, 15) is 4.79 Å². The topological polar surface area (TPSA) is 55.1 Å². The minimum atomic E-state index is -0.305. The Morgan fingerprint density at radius 1 is 0.947 bits per heavy atom. The number of carbonyl (C=O) groups excluding carboxylic acids is 1. The number of nitrogen functional groups attached to an aromatic ring is 1. The van der Waals surface area contributed by atoms with E-state index in [1.807, 2.05) is 0 Å². The summed E-state index contributed by atoms with van der Waals surface area (Å²) in [6.45, 7) is 0. The molecule has 0 heterocycles. The van der Waals surface area contributed by atoms with Gasteiger partial charge in [0.05, 0.1) is 20.8 Å². The Balaban J connectivity index is 2.20. The van der Waals surface area contributed by atoms with Crippen molar-refractivity contribution in [1.82, 2.24) is 0 Å². The molecule has 0 unspecified atom stereocenters. The maximum atomic E-state index is 12.0. The zero-order valence-corrected chi connectivity index (χ0v) is 11.9. The average Bonchev–Trinajstić information content (AvgIpc) is 2.37. The van der Waals surface area contributed by atoms with E-state index in [2.05, 4.69) is 5.32 Å². The number of amides is 1. The third-order valence-corrected chi connectivity index (χ3v) is 3.52. The number of nitrogens with one attached hydrogen (secondary N) is 1. The largest absolute Gasteiger partial charge is 0.397 e. The quantitative estimate of drug-likeness (QED) is 0.803. The standard InChI is InChI=1S/C13H9Cl3N2O/c14-9-3-1-7(5-11(9)16)13(19)18-8-2-4-10(15)12(17)6-8/h1-6H,17H2,(H,18,19). The lowest BCUT2D eigenvalue weighted by Gasteiger charge is -2.07. The molecule has 0 aromatic heterocycles. The molecule has 0 fully saturated rings. The van der Waals surface area contributed by atoms with Gasteiger partial charge in [-0.2, -0.15) is 0 Å². The Labute approximate surface area is 125 Å². The van der Waals surface area contributed by atoms with Crippen LogP contribution in [0.3, 0.4) is 0 Å². The second kappa shape index (κ2) is 5.70. The molecule has 2 aromatic carbocycles. The van der Waals surface area contributed by atoms with Crippen molar-refractivity contribution < 1.29 is 4.79 Å². The molecule has 0 saturated heterocycles. The van der Waals surface area contributed by atoms with Crippen molar-refractivity contribution in [3.63, 3.8) is 0 Å².